The Kier molecular flexibility index (Phi) is 8.58. The molecular weight excluding hydrogens is 702 g/mol. The van der Waals surface area contributed by atoms with Gasteiger partial charge in [0.15, 0.2) is 6.10 Å². The first-order chi connectivity index (χ1) is 26.1. The van der Waals surface area contributed by atoms with E-state index in [1.54, 1.807) is 119 Å². The van der Waals surface area contributed by atoms with Gasteiger partial charge in [-0.15, -0.1) is 0 Å². The highest BCUT2D eigenvalue weighted by Crippen LogP contribution is 2.79. The first-order valence-electron chi connectivity index (χ1n) is 18.9. The summed E-state index contributed by atoms with van der Waals surface area (Å²) in [5.74, 6) is -4.23. The van der Waals surface area contributed by atoms with Crippen LogP contribution in [-0.2, 0) is 23.8 Å². The molecule has 1 amide bonds. The number of hydrogen-bond donors (Lipinski definition) is 4. The summed E-state index contributed by atoms with van der Waals surface area (Å²) in [6, 6.07) is 24.2. The largest absolute Gasteiger partial charge is 0.455 e. The molecule has 5 aliphatic rings. The maximum absolute atomic E-state index is 14.9. The number of ether oxygens (including phenoxy) is 3. The van der Waals surface area contributed by atoms with Gasteiger partial charge in [-0.05, 0) is 61.7 Å². The van der Waals surface area contributed by atoms with Crippen molar-refractivity contribution in [1.82, 2.24) is 5.32 Å². The Hall–Kier alpha value is -4.68. The van der Waals surface area contributed by atoms with Crippen molar-refractivity contribution >= 4 is 23.6 Å². The van der Waals surface area contributed by atoms with Crippen LogP contribution in [0.3, 0.4) is 0 Å². The van der Waals surface area contributed by atoms with E-state index in [1.165, 1.54) is 0 Å². The molecule has 1 aliphatic heterocycles. The standard InChI is InChI=1S/C44H47NO10/c1-24-31-25(2)44(55-39(51)33(47)32(26-15-9-6-10-16-26)45-37(49)27-17-11-7-12-18-27)22-43(52,42(31,44)5)36(54-38(50)28-19-13-8-14-20-28)34-40(3)23-53-30(40)21-29(46)41(34,4)35(24)48/h6-20,24,29-30,32-34,36,46-47,52H,21-23H2,1-5H3,(H,45,49)/t24-,29+,30?,32+,33-,34?,36+,40-,41-,42-,43-,44-/m1/s1. The first kappa shape index (κ1) is 37.3. The van der Waals surface area contributed by atoms with Crippen LogP contribution in [-0.4, -0.2) is 81.2 Å². The Balaban J connectivity index is 1.20. The van der Waals surface area contributed by atoms with E-state index < -0.39 is 87.6 Å². The Labute approximate surface area is 319 Å². The molecule has 3 aromatic rings. The van der Waals surface area contributed by atoms with Crippen molar-refractivity contribution < 1.29 is 48.7 Å². The first-order valence-corrected chi connectivity index (χ1v) is 18.9. The van der Waals surface area contributed by atoms with Crippen molar-refractivity contribution in [2.75, 3.05) is 6.61 Å². The molecule has 288 valence electrons. The van der Waals surface area contributed by atoms with Crippen LogP contribution in [0, 0.1) is 28.1 Å². The van der Waals surface area contributed by atoms with E-state index in [0.717, 1.165) is 0 Å². The second-order valence-electron chi connectivity index (χ2n) is 16.8. The molecule has 0 spiro atoms. The molecule has 8 rings (SSSR count). The zero-order valence-corrected chi connectivity index (χ0v) is 31.5. The molecule has 3 saturated carbocycles. The minimum atomic E-state index is -1.89. The number of carbonyl (C=O) groups excluding carboxylic acids is 4. The van der Waals surface area contributed by atoms with Gasteiger partial charge in [-0.2, -0.15) is 0 Å². The molecule has 2 unspecified atom stereocenters. The van der Waals surface area contributed by atoms with E-state index in [9.17, 15) is 34.5 Å². The van der Waals surface area contributed by atoms with E-state index in [0.29, 0.717) is 22.3 Å². The lowest BCUT2D eigenvalue weighted by molar-refractivity contribution is -0.361. The van der Waals surface area contributed by atoms with Crippen LogP contribution >= 0.6 is 0 Å². The van der Waals surface area contributed by atoms with Crippen LogP contribution in [0.1, 0.15) is 79.8 Å². The fourth-order valence-corrected chi connectivity index (χ4v) is 11.2. The SMILES string of the molecule is CC1=C2[C@@H](C)C(=O)[C@@]3(C)C([C@H](OC(=O)c4ccccc4)[C@]4(O)C[C@]1(OC(=O)[C@H](O)[C@@H](NC(=O)c1ccccc1)c1ccccc1)[C@]24C)[C@]1(C)COC1C[C@@H]3O. The van der Waals surface area contributed by atoms with Gasteiger partial charge in [0.05, 0.1) is 41.3 Å². The fourth-order valence-electron chi connectivity index (χ4n) is 11.2. The van der Waals surface area contributed by atoms with Crippen molar-refractivity contribution in [3.63, 3.8) is 0 Å². The fraction of sp³-hybridized carbons (Fsp3) is 0.455. The van der Waals surface area contributed by atoms with Gasteiger partial charge < -0.3 is 34.8 Å². The molecule has 55 heavy (non-hydrogen) atoms. The maximum Gasteiger partial charge on any atom is 0.338 e. The summed E-state index contributed by atoms with van der Waals surface area (Å²) in [5, 5.41) is 39.6. The Morgan fingerprint density at radius 3 is 2.07 bits per heavy atom. The number of ketones is 1. The molecule has 11 nitrogen and oxygen atoms in total. The molecule has 1 saturated heterocycles. The van der Waals surface area contributed by atoms with Gasteiger partial charge in [-0.3, -0.25) is 9.59 Å². The van der Waals surface area contributed by atoms with Crippen LogP contribution in [0.2, 0.25) is 0 Å². The summed E-state index contributed by atoms with van der Waals surface area (Å²) in [4.78, 5) is 56.5. The van der Waals surface area contributed by atoms with Gasteiger partial charge in [0, 0.05) is 35.7 Å². The van der Waals surface area contributed by atoms with Crippen LogP contribution in [0.15, 0.2) is 102 Å². The number of carbonyl (C=O) groups is 4. The lowest BCUT2D eigenvalue weighted by Crippen LogP contribution is -2.88. The average molecular weight is 750 g/mol. The molecule has 3 aromatic carbocycles. The third-order valence-electron chi connectivity index (χ3n) is 14.2. The van der Waals surface area contributed by atoms with Crippen molar-refractivity contribution in [3.8, 4) is 0 Å². The molecule has 0 bridgehead atoms. The van der Waals surface area contributed by atoms with Crippen molar-refractivity contribution in [2.24, 2.45) is 28.1 Å². The third-order valence-corrected chi connectivity index (χ3v) is 14.2. The van der Waals surface area contributed by atoms with E-state index >= 15 is 0 Å². The van der Waals surface area contributed by atoms with Crippen molar-refractivity contribution in [1.29, 1.82) is 0 Å². The molecule has 4 fully saturated rings. The summed E-state index contributed by atoms with van der Waals surface area (Å²) in [7, 11) is 0. The average Bonchev–Trinajstić information content (AvgIpc) is 3.19. The van der Waals surface area contributed by atoms with Crippen LogP contribution in [0.4, 0.5) is 0 Å². The van der Waals surface area contributed by atoms with E-state index in [1.807, 2.05) is 6.92 Å². The second kappa shape index (κ2) is 12.7. The molecular formula is C44H47NO10. The minimum Gasteiger partial charge on any atom is -0.455 e. The number of esters is 2. The smallest absolute Gasteiger partial charge is 0.338 e. The van der Waals surface area contributed by atoms with Gasteiger partial charge >= 0.3 is 11.9 Å². The van der Waals surface area contributed by atoms with Gasteiger partial charge in [0.2, 0.25) is 0 Å². The molecule has 4 aliphatic carbocycles. The Morgan fingerprint density at radius 1 is 0.909 bits per heavy atom. The number of aliphatic hydroxyl groups is 3. The normalized spacial score (nSPS) is 38.1. The molecule has 12 atom stereocenters. The third kappa shape index (κ3) is 4.89. The highest BCUT2D eigenvalue weighted by Gasteiger charge is 2.88. The summed E-state index contributed by atoms with van der Waals surface area (Å²) >= 11 is 0. The maximum atomic E-state index is 14.9. The highest BCUT2D eigenvalue weighted by molar-refractivity contribution is 5.95. The second-order valence-corrected chi connectivity index (χ2v) is 16.8. The zero-order valence-electron chi connectivity index (χ0n) is 31.5. The number of amides is 1. The number of rotatable bonds is 8. The number of hydrogen-bond acceptors (Lipinski definition) is 10. The van der Waals surface area contributed by atoms with Gasteiger partial charge in [-0.1, -0.05) is 80.6 Å². The monoisotopic (exact) mass is 749 g/mol. The lowest BCUT2D eigenvalue weighted by Gasteiger charge is -2.78. The topological polar surface area (TPSA) is 169 Å². The summed E-state index contributed by atoms with van der Waals surface area (Å²) < 4.78 is 18.7. The Bertz CT molecular complexity index is 2090. The van der Waals surface area contributed by atoms with Crippen molar-refractivity contribution in [3.05, 3.63) is 119 Å². The number of Topliss-reactive ketones (excluding diaryl/α,β-unsaturated/α-hetero) is 1. The number of benzene rings is 3. The molecule has 4 N–H and O–H groups in total. The molecule has 0 aromatic heterocycles. The Morgan fingerprint density at radius 2 is 1.49 bits per heavy atom. The highest BCUT2D eigenvalue weighted by atomic mass is 16.6. The van der Waals surface area contributed by atoms with E-state index in [4.69, 9.17) is 14.2 Å². The number of nitrogens with one attached hydrogen (secondary N) is 1. The number of fused-ring (bicyclic) bond motifs is 3. The van der Waals surface area contributed by atoms with E-state index in [2.05, 4.69) is 5.32 Å². The van der Waals surface area contributed by atoms with E-state index in [-0.39, 0.29) is 30.8 Å². The van der Waals surface area contributed by atoms with Crippen LogP contribution < -0.4 is 5.32 Å². The molecule has 0 radical (unpaired) electrons. The predicted molar refractivity (Wildman–Crippen MR) is 198 cm³/mol. The predicted octanol–water partition coefficient (Wildman–Crippen LogP) is 4.51. The quantitative estimate of drug-likeness (QED) is 0.190. The number of aliphatic hydroxyl groups excluding tert-OH is 2. The minimum absolute atomic E-state index is 0.206. The van der Waals surface area contributed by atoms with Gasteiger partial charge in [-0.25, -0.2) is 9.59 Å². The van der Waals surface area contributed by atoms with Gasteiger partial charge in [0.1, 0.15) is 23.1 Å². The van der Waals surface area contributed by atoms with Crippen LogP contribution in [0.5, 0.6) is 0 Å². The van der Waals surface area contributed by atoms with Gasteiger partial charge in [0.25, 0.3) is 5.91 Å². The van der Waals surface area contributed by atoms with Crippen LogP contribution in [0.25, 0.3) is 0 Å². The summed E-state index contributed by atoms with van der Waals surface area (Å²) in [6.45, 7) is 9.09. The lowest BCUT2D eigenvalue weighted by atomic mass is 9.29. The zero-order chi connectivity index (χ0) is 39.3. The molecule has 11 heteroatoms. The molecule has 1 heterocycles. The van der Waals surface area contributed by atoms with Crippen molar-refractivity contribution in [2.45, 2.75) is 89.1 Å². The summed E-state index contributed by atoms with van der Waals surface area (Å²) in [6.07, 6.45) is -4.83. The summed E-state index contributed by atoms with van der Waals surface area (Å²) in [5.41, 5.74) is -4.92.